The van der Waals surface area contributed by atoms with Crippen LogP contribution in [-0.4, -0.2) is 15.3 Å². The Balaban J connectivity index is 2.15. The minimum absolute atomic E-state index is 0.0638. The van der Waals surface area contributed by atoms with Crippen molar-refractivity contribution in [2.45, 2.75) is 20.3 Å². The molecule has 0 saturated carbocycles. The van der Waals surface area contributed by atoms with E-state index in [0.717, 1.165) is 5.56 Å². The molecule has 2 rings (SSSR count). The molecule has 1 heterocycles. The number of carbonyl (C=O) groups is 1. The second kappa shape index (κ2) is 4.53. The molecule has 0 aliphatic heterocycles. The van der Waals surface area contributed by atoms with Gasteiger partial charge in [-0.2, -0.15) is 0 Å². The Labute approximate surface area is 101 Å². The minimum Gasteiger partial charge on any atom is -0.340 e. The van der Waals surface area contributed by atoms with Crippen molar-refractivity contribution in [1.82, 2.24) is 9.55 Å². The van der Waals surface area contributed by atoms with E-state index in [1.807, 2.05) is 13.1 Å². The van der Waals surface area contributed by atoms with Gasteiger partial charge in [-0.3, -0.25) is 4.79 Å². The highest BCUT2D eigenvalue weighted by atomic mass is 16.1. The molecule has 0 fully saturated rings. The van der Waals surface area contributed by atoms with E-state index >= 15 is 0 Å². The van der Waals surface area contributed by atoms with Crippen LogP contribution in [-0.2, 0) is 13.5 Å². The van der Waals surface area contributed by atoms with Gasteiger partial charge in [-0.1, -0.05) is 18.2 Å². The predicted molar refractivity (Wildman–Crippen MR) is 67.2 cm³/mol. The predicted octanol–water partition coefficient (Wildman–Crippen LogP) is 2.46. The summed E-state index contributed by atoms with van der Waals surface area (Å²) < 4.78 is 1.79. The maximum atomic E-state index is 11.9. The molecule has 0 radical (unpaired) electrons. The van der Waals surface area contributed by atoms with Gasteiger partial charge in [0.05, 0.1) is 6.33 Å². The van der Waals surface area contributed by atoms with Gasteiger partial charge in [0.25, 0.3) is 0 Å². The van der Waals surface area contributed by atoms with Crippen LogP contribution < -0.4 is 0 Å². The first-order valence-electron chi connectivity index (χ1n) is 5.63. The average molecular weight is 228 g/mol. The first-order chi connectivity index (χ1) is 8.06. The molecule has 0 N–H and O–H groups in total. The van der Waals surface area contributed by atoms with E-state index in [1.54, 1.807) is 17.1 Å². The number of ketones is 1. The number of aromatic nitrogens is 2. The summed E-state index contributed by atoms with van der Waals surface area (Å²) in [6, 6.07) is 6.12. The first-order valence-corrected chi connectivity index (χ1v) is 5.63. The monoisotopic (exact) mass is 228 g/mol. The Kier molecular flexibility index (Phi) is 3.09. The lowest BCUT2D eigenvalue weighted by atomic mass is 10.0. The number of hydrogen-bond acceptors (Lipinski definition) is 2. The maximum Gasteiger partial charge on any atom is 0.187 e. The minimum atomic E-state index is 0.0638. The third-order valence-corrected chi connectivity index (χ3v) is 2.93. The number of hydrogen-bond donors (Lipinski definition) is 0. The molecule has 0 amide bonds. The summed E-state index contributed by atoms with van der Waals surface area (Å²) in [4.78, 5) is 16.0. The Morgan fingerprint density at radius 3 is 2.65 bits per heavy atom. The zero-order valence-electron chi connectivity index (χ0n) is 10.4. The van der Waals surface area contributed by atoms with E-state index in [9.17, 15) is 4.79 Å². The number of nitrogens with zero attached hydrogens (tertiary/aromatic N) is 2. The Bertz CT molecular complexity index is 555. The Morgan fingerprint density at radius 1 is 1.29 bits per heavy atom. The Morgan fingerprint density at radius 2 is 2.06 bits per heavy atom. The summed E-state index contributed by atoms with van der Waals surface area (Å²) in [5.74, 6) is 0.0638. The normalized spacial score (nSPS) is 10.5. The van der Waals surface area contributed by atoms with Crippen molar-refractivity contribution < 1.29 is 4.79 Å². The second-order valence-electron chi connectivity index (χ2n) is 4.44. The molecule has 0 atom stereocenters. The summed E-state index contributed by atoms with van der Waals surface area (Å²) in [6.07, 6.45) is 3.81. The summed E-state index contributed by atoms with van der Waals surface area (Å²) in [6.45, 7) is 4.13. The molecule has 0 saturated heterocycles. The molecular weight excluding hydrogens is 212 g/mol. The zero-order chi connectivity index (χ0) is 12.4. The van der Waals surface area contributed by atoms with Gasteiger partial charge in [-0.25, -0.2) is 4.98 Å². The number of Topliss-reactive ketones (excluding diaryl/α,β-unsaturated/α-hetero) is 1. The van der Waals surface area contributed by atoms with Crippen molar-refractivity contribution >= 4 is 5.78 Å². The second-order valence-corrected chi connectivity index (χ2v) is 4.44. The van der Waals surface area contributed by atoms with Gasteiger partial charge in [-0.15, -0.1) is 0 Å². The van der Waals surface area contributed by atoms with E-state index in [1.165, 1.54) is 11.1 Å². The lowest BCUT2D eigenvalue weighted by Crippen LogP contribution is -2.04. The largest absolute Gasteiger partial charge is 0.340 e. The topological polar surface area (TPSA) is 34.9 Å². The van der Waals surface area contributed by atoms with Crippen LogP contribution in [0.4, 0.5) is 0 Å². The molecular formula is C14H16N2O. The van der Waals surface area contributed by atoms with Gasteiger partial charge in [0.1, 0.15) is 5.69 Å². The van der Waals surface area contributed by atoms with Crippen LogP contribution in [0.1, 0.15) is 27.2 Å². The number of aryl methyl sites for hydroxylation is 3. The van der Waals surface area contributed by atoms with Crippen molar-refractivity contribution in [2.75, 3.05) is 0 Å². The van der Waals surface area contributed by atoms with E-state index < -0.39 is 0 Å². The molecule has 0 aliphatic rings. The molecule has 1 aromatic carbocycles. The molecule has 0 unspecified atom stereocenters. The zero-order valence-corrected chi connectivity index (χ0v) is 10.4. The van der Waals surface area contributed by atoms with Crippen molar-refractivity contribution in [3.63, 3.8) is 0 Å². The van der Waals surface area contributed by atoms with Crippen molar-refractivity contribution in [2.24, 2.45) is 7.05 Å². The standard InChI is InChI=1S/C14H16N2O/c1-10-4-5-12(6-11(10)2)7-14(17)13-8-16(3)9-15-13/h4-6,8-9H,7H2,1-3H3. The first kappa shape index (κ1) is 11.6. The van der Waals surface area contributed by atoms with Gasteiger partial charge in [0.15, 0.2) is 5.78 Å². The molecule has 0 bridgehead atoms. The van der Waals surface area contributed by atoms with Crippen LogP contribution in [0.3, 0.4) is 0 Å². The van der Waals surface area contributed by atoms with E-state index in [4.69, 9.17) is 0 Å². The number of benzene rings is 1. The summed E-state index contributed by atoms with van der Waals surface area (Å²) in [5, 5.41) is 0. The summed E-state index contributed by atoms with van der Waals surface area (Å²) >= 11 is 0. The molecule has 3 heteroatoms. The summed E-state index contributed by atoms with van der Waals surface area (Å²) in [7, 11) is 1.86. The molecule has 0 aliphatic carbocycles. The summed E-state index contributed by atoms with van der Waals surface area (Å²) in [5.41, 5.74) is 4.05. The lowest BCUT2D eigenvalue weighted by molar-refractivity contribution is 0.0988. The smallest absolute Gasteiger partial charge is 0.187 e. The fraction of sp³-hybridized carbons (Fsp3) is 0.286. The molecule has 2 aromatic rings. The van der Waals surface area contributed by atoms with Crippen LogP contribution >= 0.6 is 0 Å². The molecule has 1 aromatic heterocycles. The third-order valence-electron chi connectivity index (χ3n) is 2.93. The van der Waals surface area contributed by atoms with Crippen LogP contribution in [0.5, 0.6) is 0 Å². The van der Waals surface area contributed by atoms with Crippen molar-refractivity contribution in [1.29, 1.82) is 0 Å². The van der Waals surface area contributed by atoms with E-state index in [-0.39, 0.29) is 5.78 Å². The van der Waals surface area contributed by atoms with Gasteiger partial charge in [0, 0.05) is 19.7 Å². The van der Waals surface area contributed by atoms with Crippen LogP contribution in [0.15, 0.2) is 30.7 Å². The Hall–Kier alpha value is -1.90. The highest BCUT2D eigenvalue weighted by molar-refractivity contribution is 5.95. The molecule has 0 spiro atoms. The van der Waals surface area contributed by atoms with Gasteiger partial charge in [-0.05, 0) is 30.5 Å². The maximum absolute atomic E-state index is 11.9. The van der Waals surface area contributed by atoms with Gasteiger partial charge < -0.3 is 4.57 Å². The van der Waals surface area contributed by atoms with Crippen molar-refractivity contribution in [3.05, 3.63) is 53.1 Å². The number of carbonyl (C=O) groups excluding carboxylic acids is 1. The lowest BCUT2D eigenvalue weighted by Gasteiger charge is -2.03. The number of imidazole rings is 1. The van der Waals surface area contributed by atoms with Gasteiger partial charge in [0.2, 0.25) is 0 Å². The SMILES string of the molecule is Cc1ccc(CC(=O)c2cn(C)cn2)cc1C. The molecule has 17 heavy (non-hydrogen) atoms. The average Bonchev–Trinajstić information content (AvgIpc) is 2.70. The van der Waals surface area contributed by atoms with E-state index in [0.29, 0.717) is 12.1 Å². The number of rotatable bonds is 3. The fourth-order valence-corrected chi connectivity index (χ4v) is 1.75. The molecule has 88 valence electrons. The van der Waals surface area contributed by atoms with Gasteiger partial charge >= 0.3 is 0 Å². The fourth-order valence-electron chi connectivity index (χ4n) is 1.75. The quantitative estimate of drug-likeness (QED) is 0.756. The third kappa shape index (κ3) is 2.61. The van der Waals surface area contributed by atoms with E-state index in [2.05, 4.69) is 31.0 Å². The van der Waals surface area contributed by atoms with Crippen LogP contribution in [0.2, 0.25) is 0 Å². The van der Waals surface area contributed by atoms with Crippen LogP contribution in [0.25, 0.3) is 0 Å². The van der Waals surface area contributed by atoms with Crippen LogP contribution in [0, 0.1) is 13.8 Å². The highest BCUT2D eigenvalue weighted by Gasteiger charge is 2.10. The van der Waals surface area contributed by atoms with Crippen molar-refractivity contribution in [3.8, 4) is 0 Å². The highest BCUT2D eigenvalue weighted by Crippen LogP contribution is 2.12. The molecule has 3 nitrogen and oxygen atoms in total.